The number of sulfonamides is 1. The third-order valence-corrected chi connectivity index (χ3v) is 8.68. The van der Waals surface area contributed by atoms with Gasteiger partial charge < -0.3 is 4.90 Å². The summed E-state index contributed by atoms with van der Waals surface area (Å²) in [5.41, 5.74) is 4.27. The van der Waals surface area contributed by atoms with Gasteiger partial charge in [0.2, 0.25) is 0 Å². The first-order chi connectivity index (χ1) is 17.8. The SMILES string of the molecule is CN(c1cc(F)c(S(=O)(=O)Nc2cscn2)cc1Cl)C1CCN(Cc2cnn(Cc3ccccc3)c2)C1. The number of hydrogen-bond acceptors (Lipinski definition) is 7. The Labute approximate surface area is 224 Å². The van der Waals surface area contributed by atoms with E-state index in [2.05, 4.69) is 38.0 Å². The molecule has 1 aliphatic rings. The molecule has 0 radical (unpaired) electrons. The van der Waals surface area contributed by atoms with E-state index in [-0.39, 0.29) is 16.9 Å². The Bertz CT molecular complexity index is 1460. The zero-order valence-electron chi connectivity index (χ0n) is 20.1. The molecule has 1 saturated heterocycles. The van der Waals surface area contributed by atoms with Gasteiger partial charge in [0.15, 0.2) is 5.82 Å². The molecule has 0 amide bonds. The zero-order valence-corrected chi connectivity index (χ0v) is 22.5. The lowest BCUT2D eigenvalue weighted by Gasteiger charge is -2.28. The summed E-state index contributed by atoms with van der Waals surface area (Å²) in [6.07, 6.45) is 4.83. The Morgan fingerprint density at radius 1 is 1.22 bits per heavy atom. The summed E-state index contributed by atoms with van der Waals surface area (Å²) >= 11 is 7.69. The molecule has 8 nitrogen and oxygen atoms in total. The molecule has 0 saturated carbocycles. The molecule has 12 heteroatoms. The highest BCUT2D eigenvalue weighted by Crippen LogP contribution is 2.33. The molecule has 5 rings (SSSR count). The second-order valence-corrected chi connectivity index (χ2v) is 11.8. The number of nitrogens with zero attached hydrogens (tertiary/aromatic N) is 5. The molecular weight excluding hydrogens is 535 g/mol. The molecule has 0 aliphatic carbocycles. The van der Waals surface area contributed by atoms with Crippen LogP contribution in [0.3, 0.4) is 0 Å². The van der Waals surface area contributed by atoms with Gasteiger partial charge >= 0.3 is 0 Å². The Balaban J connectivity index is 1.23. The van der Waals surface area contributed by atoms with Crippen LogP contribution in [0.25, 0.3) is 0 Å². The second-order valence-electron chi connectivity index (χ2n) is 9.03. The van der Waals surface area contributed by atoms with Crippen LogP contribution in [0.1, 0.15) is 17.5 Å². The number of aromatic nitrogens is 3. The molecule has 4 aromatic rings. The number of likely N-dealkylation sites (N-methyl/N-ethyl adjacent to an activating group) is 1. The van der Waals surface area contributed by atoms with Crippen molar-refractivity contribution in [1.82, 2.24) is 19.7 Å². The molecule has 194 valence electrons. The minimum atomic E-state index is -4.16. The van der Waals surface area contributed by atoms with Crippen LogP contribution in [0.15, 0.2) is 70.6 Å². The topological polar surface area (TPSA) is 83.4 Å². The number of nitrogens with one attached hydrogen (secondary N) is 1. The summed E-state index contributed by atoms with van der Waals surface area (Å²) in [5, 5.41) is 6.19. The van der Waals surface area contributed by atoms with Crippen molar-refractivity contribution in [2.45, 2.75) is 30.4 Å². The maximum Gasteiger partial charge on any atom is 0.266 e. The first kappa shape index (κ1) is 25.7. The van der Waals surface area contributed by atoms with E-state index in [9.17, 15) is 12.8 Å². The Morgan fingerprint density at radius 3 is 2.78 bits per heavy atom. The highest BCUT2D eigenvalue weighted by atomic mass is 35.5. The number of anilines is 2. The highest BCUT2D eigenvalue weighted by molar-refractivity contribution is 7.92. The second kappa shape index (κ2) is 10.8. The van der Waals surface area contributed by atoms with Gasteiger partial charge in [-0.15, -0.1) is 11.3 Å². The molecule has 3 heterocycles. The largest absolute Gasteiger partial charge is 0.369 e. The van der Waals surface area contributed by atoms with Crippen molar-refractivity contribution in [2.24, 2.45) is 0 Å². The van der Waals surface area contributed by atoms with Crippen molar-refractivity contribution in [2.75, 3.05) is 29.8 Å². The number of likely N-dealkylation sites (tertiary alicyclic amines) is 1. The summed E-state index contributed by atoms with van der Waals surface area (Å²) in [6.45, 7) is 3.13. The molecular formula is C25H26ClFN6O2S2. The van der Waals surface area contributed by atoms with Gasteiger partial charge in [0.1, 0.15) is 10.7 Å². The summed E-state index contributed by atoms with van der Waals surface area (Å²) < 4.78 is 44.5. The van der Waals surface area contributed by atoms with E-state index in [1.165, 1.54) is 33.9 Å². The van der Waals surface area contributed by atoms with E-state index in [0.29, 0.717) is 5.69 Å². The fourth-order valence-corrected chi connectivity index (χ4v) is 6.53. The maximum absolute atomic E-state index is 15.0. The van der Waals surface area contributed by atoms with Gasteiger partial charge in [-0.2, -0.15) is 5.10 Å². The van der Waals surface area contributed by atoms with Gasteiger partial charge in [-0.3, -0.25) is 14.3 Å². The van der Waals surface area contributed by atoms with Crippen LogP contribution in [-0.2, 0) is 23.1 Å². The van der Waals surface area contributed by atoms with Crippen molar-refractivity contribution in [1.29, 1.82) is 0 Å². The number of halogens is 2. The Hall–Kier alpha value is -2.99. The van der Waals surface area contributed by atoms with Crippen molar-refractivity contribution in [3.63, 3.8) is 0 Å². The van der Waals surface area contributed by atoms with Gasteiger partial charge in [-0.05, 0) is 18.1 Å². The van der Waals surface area contributed by atoms with Crippen molar-refractivity contribution in [3.8, 4) is 0 Å². The quantitative estimate of drug-likeness (QED) is 0.320. The van der Waals surface area contributed by atoms with Crippen molar-refractivity contribution < 1.29 is 12.8 Å². The van der Waals surface area contributed by atoms with E-state index in [4.69, 9.17) is 11.6 Å². The average molecular weight is 561 g/mol. The molecule has 2 aromatic carbocycles. The average Bonchev–Trinajstić information content (AvgIpc) is 3.64. The third-order valence-electron chi connectivity index (χ3n) is 6.42. The van der Waals surface area contributed by atoms with Gasteiger partial charge in [-0.25, -0.2) is 17.8 Å². The van der Waals surface area contributed by atoms with Crippen LogP contribution in [-0.4, -0.2) is 54.3 Å². The van der Waals surface area contributed by atoms with E-state index in [0.717, 1.165) is 44.2 Å². The fourth-order valence-electron chi connectivity index (χ4n) is 4.52. The lowest BCUT2D eigenvalue weighted by atomic mass is 10.2. The lowest BCUT2D eigenvalue weighted by molar-refractivity contribution is 0.326. The summed E-state index contributed by atoms with van der Waals surface area (Å²) in [5.74, 6) is -0.729. The molecule has 1 atom stereocenters. The van der Waals surface area contributed by atoms with Gasteiger partial charge in [0.25, 0.3) is 10.0 Å². The molecule has 1 fully saturated rings. The number of rotatable bonds is 9. The number of thiazole rings is 1. The monoisotopic (exact) mass is 560 g/mol. The zero-order chi connectivity index (χ0) is 26.0. The van der Waals surface area contributed by atoms with Gasteiger partial charge in [0, 0.05) is 55.9 Å². The van der Waals surface area contributed by atoms with Crippen LogP contribution >= 0.6 is 22.9 Å². The molecule has 2 aromatic heterocycles. The number of benzene rings is 2. The van der Waals surface area contributed by atoms with E-state index < -0.39 is 20.7 Å². The normalized spacial score (nSPS) is 16.2. The van der Waals surface area contributed by atoms with Crippen molar-refractivity contribution >= 4 is 44.5 Å². The first-order valence-electron chi connectivity index (χ1n) is 11.7. The molecule has 1 unspecified atom stereocenters. The summed E-state index contributed by atoms with van der Waals surface area (Å²) in [4.78, 5) is 7.63. The Morgan fingerprint density at radius 2 is 2.03 bits per heavy atom. The molecule has 0 bridgehead atoms. The Kier molecular flexibility index (Phi) is 7.47. The summed E-state index contributed by atoms with van der Waals surface area (Å²) in [7, 11) is -2.30. The predicted octanol–water partition coefficient (Wildman–Crippen LogP) is 4.69. The van der Waals surface area contributed by atoms with Gasteiger partial charge in [-0.1, -0.05) is 41.9 Å². The standard InChI is InChI=1S/C25H26ClFN6O2S2/c1-31(23-10-22(27)24(9-21(23)26)37(34,35)30-25-16-36-17-28-25)20-7-8-32(15-20)12-19-11-29-33(14-19)13-18-5-3-2-4-6-18/h2-6,9-11,14,16-17,20,30H,7-8,12-13,15H2,1H3. The minimum absolute atomic E-state index is 0.104. The number of hydrogen-bond donors (Lipinski definition) is 1. The lowest BCUT2D eigenvalue weighted by Crippen LogP contribution is -2.34. The van der Waals surface area contributed by atoms with Gasteiger partial charge in [0.05, 0.1) is 29.0 Å². The van der Waals surface area contributed by atoms with Crippen LogP contribution in [0.5, 0.6) is 0 Å². The van der Waals surface area contributed by atoms with Crippen LogP contribution < -0.4 is 9.62 Å². The minimum Gasteiger partial charge on any atom is -0.369 e. The van der Waals surface area contributed by atoms with E-state index in [1.54, 1.807) is 0 Å². The third kappa shape index (κ3) is 5.96. The van der Waals surface area contributed by atoms with E-state index >= 15 is 0 Å². The van der Waals surface area contributed by atoms with E-state index in [1.807, 2.05) is 41.0 Å². The smallest absolute Gasteiger partial charge is 0.266 e. The molecule has 0 spiro atoms. The van der Waals surface area contributed by atoms with Crippen LogP contribution in [0.2, 0.25) is 5.02 Å². The molecule has 37 heavy (non-hydrogen) atoms. The van der Waals surface area contributed by atoms with Crippen molar-refractivity contribution in [3.05, 3.63) is 87.7 Å². The highest BCUT2D eigenvalue weighted by Gasteiger charge is 2.29. The van der Waals surface area contributed by atoms with Crippen LogP contribution in [0.4, 0.5) is 15.9 Å². The molecule has 1 N–H and O–H groups in total. The maximum atomic E-state index is 15.0. The fraction of sp³-hybridized carbons (Fsp3) is 0.280. The predicted molar refractivity (Wildman–Crippen MR) is 144 cm³/mol. The van der Waals surface area contributed by atoms with Crippen LogP contribution in [0, 0.1) is 5.82 Å². The first-order valence-corrected chi connectivity index (χ1v) is 14.5. The molecule has 1 aliphatic heterocycles. The summed E-state index contributed by atoms with van der Waals surface area (Å²) in [6, 6.07) is 12.6.